The van der Waals surface area contributed by atoms with Crippen LogP contribution in [0.3, 0.4) is 0 Å². The van der Waals surface area contributed by atoms with Gasteiger partial charge in [-0.3, -0.25) is 14.5 Å². The zero-order valence-electron chi connectivity index (χ0n) is 13.6. The van der Waals surface area contributed by atoms with Crippen LogP contribution in [0, 0.1) is 5.92 Å². The molecule has 6 heteroatoms. The highest BCUT2D eigenvalue weighted by Crippen LogP contribution is 2.27. The molecule has 126 valence electrons. The smallest absolute Gasteiger partial charge is 0.232 e. The van der Waals surface area contributed by atoms with Gasteiger partial charge in [-0.15, -0.1) is 0 Å². The van der Waals surface area contributed by atoms with Crippen LogP contribution in [0.2, 0.25) is 0 Å². The first-order valence-electron chi connectivity index (χ1n) is 8.22. The van der Waals surface area contributed by atoms with Gasteiger partial charge in [-0.2, -0.15) is 5.10 Å². The van der Waals surface area contributed by atoms with Crippen molar-refractivity contribution in [2.45, 2.75) is 13.0 Å². The third kappa shape index (κ3) is 3.52. The number of hydrogen-bond donors (Lipinski definition) is 1. The molecular formula is C19H18N4O2. The van der Waals surface area contributed by atoms with Gasteiger partial charge in [0.2, 0.25) is 5.91 Å². The lowest BCUT2D eigenvalue weighted by atomic mass is 9.96. The Labute approximate surface area is 145 Å². The average molecular weight is 334 g/mol. The predicted octanol–water partition coefficient (Wildman–Crippen LogP) is 2.52. The molecule has 1 unspecified atom stereocenters. The first-order valence-corrected chi connectivity index (χ1v) is 8.22. The maximum Gasteiger partial charge on any atom is 0.232 e. The lowest BCUT2D eigenvalue weighted by Gasteiger charge is -2.24. The number of rotatable bonds is 4. The van der Waals surface area contributed by atoms with E-state index in [4.69, 9.17) is 4.74 Å². The summed E-state index contributed by atoms with van der Waals surface area (Å²) in [5.41, 5.74) is 2.17. The fraction of sp³-hybridized carbons (Fsp3) is 0.211. The molecule has 1 aromatic carbocycles. The van der Waals surface area contributed by atoms with Gasteiger partial charge in [-0.25, -0.2) is 0 Å². The molecule has 25 heavy (non-hydrogen) atoms. The van der Waals surface area contributed by atoms with Crippen LogP contribution in [0.4, 0.5) is 5.82 Å². The minimum absolute atomic E-state index is 0.0661. The van der Waals surface area contributed by atoms with Crippen LogP contribution in [0.5, 0.6) is 5.75 Å². The van der Waals surface area contributed by atoms with Crippen LogP contribution in [-0.4, -0.2) is 27.3 Å². The summed E-state index contributed by atoms with van der Waals surface area (Å²) in [6.07, 6.45) is 6.04. The van der Waals surface area contributed by atoms with E-state index in [-0.39, 0.29) is 11.8 Å². The van der Waals surface area contributed by atoms with Crippen LogP contribution in [0.25, 0.3) is 0 Å². The van der Waals surface area contributed by atoms with Crippen molar-refractivity contribution in [3.05, 3.63) is 72.2 Å². The van der Waals surface area contributed by atoms with Crippen molar-refractivity contribution in [2.75, 3.05) is 11.9 Å². The van der Waals surface area contributed by atoms with E-state index in [2.05, 4.69) is 15.4 Å². The molecule has 0 bridgehead atoms. The number of carbonyl (C=O) groups is 1. The molecule has 3 heterocycles. The van der Waals surface area contributed by atoms with E-state index in [0.717, 1.165) is 16.9 Å². The number of carbonyl (C=O) groups excluding carboxylic acids is 1. The van der Waals surface area contributed by atoms with Gasteiger partial charge in [-0.1, -0.05) is 18.2 Å². The summed E-state index contributed by atoms with van der Waals surface area (Å²) in [5, 5.41) is 7.29. The second-order valence-corrected chi connectivity index (χ2v) is 6.06. The second-order valence-electron chi connectivity index (χ2n) is 6.06. The van der Waals surface area contributed by atoms with E-state index >= 15 is 0 Å². The number of para-hydroxylation sites is 1. The minimum atomic E-state index is -0.208. The Morgan fingerprint density at radius 2 is 2.04 bits per heavy atom. The Kier molecular flexibility index (Phi) is 4.16. The van der Waals surface area contributed by atoms with Crippen molar-refractivity contribution in [3.8, 4) is 5.75 Å². The molecule has 1 aliphatic heterocycles. The zero-order chi connectivity index (χ0) is 17.1. The average Bonchev–Trinajstić information content (AvgIpc) is 3.09. The number of ether oxygens (including phenoxy) is 1. The highest BCUT2D eigenvalue weighted by atomic mass is 16.5. The van der Waals surface area contributed by atoms with Gasteiger partial charge >= 0.3 is 0 Å². The highest BCUT2D eigenvalue weighted by Gasteiger charge is 2.26. The van der Waals surface area contributed by atoms with Crippen molar-refractivity contribution < 1.29 is 9.53 Å². The van der Waals surface area contributed by atoms with Gasteiger partial charge in [-0.05, 0) is 35.7 Å². The van der Waals surface area contributed by atoms with E-state index in [1.807, 2.05) is 42.6 Å². The lowest BCUT2D eigenvalue weighted by molar-refractivity contribution is -0.121. The van der Waals surface area contributed by atoms with Crippen LogP contribution in [0.15, 0.2) is 61.1 Å². The summed E-state index contributed by atoms with van der Waals surface area (Å²) in [5.74, 6) is 1.15. The summed E-state index contributed by atoms with van der Waals surface area (Å²) in [4.78, 5) is 16.5. The Morgan fingerprint density at radius 1 is 1.20 bits per heavy atom. The van der Waals surface area contributed by atoms with Crippen LogP contribution >= 0.6 is 0 Å². The molecule has 0 aliphatic carbocycles. The highest BCUT2D eigenvalue weighted by molar-refractivity contribution is 5.92. The Balaban J connectivity index is 1.39. The SMILES string of the molecule is O=C(Nc1ccn(Cc2ccncc2)n1)C1COc2ccccc2C1. The number of benzene rings is 1. The molecule has 0 spiro atoms. The quantitative estimate of drug-likeness (QED) is 0.796. The van der Waals surface area contributed by atoms with Crippen LogP contribution in [-0.2, 0) is 17.8 Å². The number of anilines is 1. The number of nitrogens with zero attached hydrogens (tertiary/aromatic N) is 3. The molecular weight excluding hydrogens is 316 g/mol. The molecule has 1 amide bonds. The number of hydrogen-bond acceptors (Lipinski definition) is 4. The molecule has 0 saturated carbocycles. The third-order valence-electron chi connectivity index (χ3n) is 4.24. The summed E-state index contributed by atoms with van der Waals surface area (Å²) < 4.78 is 7.48. The summed E-state index contributed by atoms with van der Waals surface area (Å²) >= 11 is 0. The van der Waals surface area contributed by atoms with Crippen molar-refractivity contribution in [2.24, 2.45) is 5.92 Å². The fourth-order valence-electron chi connectivity index (χ4n) is 2.92. The molecule has 6 nitrogen and oxygen atoms in total. The van der Waals surface area contributed by atoms with Gasteiger partial charge in [0.05, 0.1) is 12.5 Å². The molecule has 0 fully saturated rings. The molecule has 0 radical (unpaired) electrons. The normalized spacial score (nSPS) is 15.9. The maximum atomic E-state index is 12.5. The molecule has 0 saturated heterocycles. The topological polar surface area (TPSA) is 69.0 Å². The van der Waals surface area contributed by atoms with E-state index in [1.165, 1.54) is 0 Å². The van der Waals surface area contributed by atoms with Crippen LogP contribution < -0.4 is 10.1 Å². The monoisotopic (exact) mass is 334 g/mol. The van der Waals surface area contributed by atoms with Gasteiger partial charge in [0.15, 0.2) is 5.82 Å². The maximum absolute atomic E-state index is 12.5. The molecule has 2 aromatic heterocycles. The summed E-state index contributed by atoms with van der Waals surface area (Å²) in [6.45, 7) is 1.03. The second kappa shape index (κ2) is 6.76. The predicted molar refractivity (Wildman–Crippen MR) is 93.3 cm³/mol. The van der Waals surface area contributed by atoms with Crippen molar-refractivity contribution in [1.82, 2.24) is 14.8 Å². The van der Waals surface area contributed by atoms with E-state index in [1.54, 1.807) is 23.1 Å². The Morgan fingerprint density at radius 3 is 2.92 bits per heavy atom. The van der Waals surface area contributed by atoms with Crippen molar-refractivity contribution in [1.29, 1.82) is 0 Å². The Bertz CT molecular complexity index is 876. The molecule has 4 rings (SSSR count). The van der Waals surface area contributed by atoms with Gasteiger partial charge in [0.1, 0.15) is 12.4 Å². The first kappa shape index (κ1) is 15.4. The summed E-state index contributed by atoms with van der Waals surface area (Å²) in [7, 11) is 0. The zero-order valence-corrected chi connectivity index (χ0v) is 13.6. The molecule has 3 aromatic rings. The third-order valence-corrected chi connectivity index (χ3v) is 4.24. The van der Waals surface area contributed by atoms with Crippen molar-refractivity contribution in [3.63, 3.8) is 0 Å². The standard InChI is InChI=1S/C19H18N4O2/c24-19(16-11-15-3-1-2-4-17(15)25-13-16)21-18-7-10-23(22-18)12-14-5-8-20-9-6-14/h1-10,16H,11-13H2,(H,21,22,24). The number of amides is 1. The van der Waals surface area contributed by atoms with E-state index in [9.17, 15) is 4.79 Å². The van der Waals surface area contributed by atoms with E-state index in [0.29, 0.717) is 25.4 Å². The largest absolute Gasteiger partial charge is 0.492 e. The minimum Gasteiger partial charge on any atom is -0.492 e. The van der Waals surface area contributed by atoms with Crippen molar-refractivity contribution >= 4 is 11.7 Å². The number of fused-ring (bicyclic) bond motifs is 1. The number of pyridine rings is 1. The van der Waals surface area contributed by atoms with E-state index < -0.39 is 0 Å². The molecule has 1 atom stereocenters. The van der Waals surface area contributed by atoms with Gasteiger partial charge in [0.25, 0.3) is 0 Å². The number of aromatic nitrogens is 3. The fourth-order valence-corrected chi connectivity index (χ4v) is 2.92. The van der Waals surface area contributed by atoms with Gasteiger partial charge < -0.3 is 10.1 Å². The lowest BCUT2D eigenvalue weighted by Crippen LogP contribution is -2.32. The van der Waals surface area contributed by atoms with Gasteiger partial charge in [0, 0.05) is 24.7 Å². The Hall–Kier alpha value is -3.15. The molecule has 1 N–H and O–H groups in total. The number of nitrogens with one attached hydrogen (secondary N) is 1. The van der Waals surface area contributed by atoms with Crippen LogP contribution in [0.1, 0.15) is 11.1 Å². The summed E-state index contributed by atoms with van der Waals surface area (Å²) in [6, 6.07) is 13.5. The molecule has 1 aliphatic rings. The first-order chi connectivity index (χ1) is 12.3.